The molecule has 0 amide bonds. The zero-order chi connectivity index (χ0) is 14.8. The summed E-state index contributed by atoms with van der Waals surface area (Å²) < 4.78 is 5.96. The van der Waals surface area contributed by atoms with Crippen molar-refractivity contribution < 1.29 is 4.74 Å². The number of aryl methyl sites for hydroxylation is 3. The molecule has 20 heavy (non-hydrogen) atoms. The van der Waals surface area contributed by atoms with E-state index in [4.69, 9.17) is 4.74 Å². The van der Waals surface area contributed by atoms with Crippen LogP contribution in [-0.4, -0.2) is 12.4 Å². The lowest BCUT2D eigenvalue weighted by atomic mass is 10.1. The summed E-state index contributed by atoms with van der Waals surface area (Å²) in [7, 11) is 0. The van der Waals surface area contributed by atoms with E-state index in [0.717, 1.165) is 18.1 Å². The Hall–Kier alpha value is -0.630. The Balaban J connectivity index is 2.13. The van der Waals surface area contributed by atoms with Gasteiger partial charge in [0.05, 0.1) is 6.61 Å². The molecule has 1 rings (SSSR count). The normalized spacial score (nSPS) is 10.8. The topological polar surface area (TPSA) is 9.23 Å². The fraction of sp³-hybridized carbons (Fsp3) is 0.667. The highest BCUT2D eigenvalue weighted by molar-refractivity contribution is 7.80. The maximum Gasteiger partial charge on any atom is 0.125 e. The molecule has 0 saturated heterocycles. The maximum absolute atomic E-state index is 5.96. The van der Waals surface area contributed by atoms with Crippen molar-refractivity contribution in [3.8, 4) is 5.75 Å². The van der Waals surface area contributed by atoms with Crippen LogP contribution < -0.4 is 4.74 Å². The maximum atomic E-state index is 5.96. The van der Waals surface area contributed by atoms with Gasteiger partial charge < -0.3 is 4.74 Å². The fourth-order valence-corrected chi connectivity index (χ4v) is 2.89. The third-order valence-electron chi connectivity index (χ3n) is 3.65. The standard InChI is InChI=1S/C18H30OS/c1-15-13-16(2)18(17(3)14-15)19-11-9-7-5-4-6-8-10-12-20/h13-14,20H,4-12H2,1-3H3. The zero-order valence-corrected chi connectivity index (χ0v) is 14.3. The van der Waals surface area contributed by atoms with Gasteiger partial charge in [-0.25, -0.2) is 0 Å². The lowest BCUT2D eigenvalue weighted by Crippen LogP contribution is -2.01. The summed E-state index contributed by atoms with van der Waals surface area (Å²) in [5, 5.41) is 0. The SMILES string of the molecule is Cc1cc(C)c(OCCCCCCCCCS)c(C)c1. The van der Waals surface area contributed by atoms with Crippen molar-refractivity contribution in [2.75, 3.05) is 12.4 Å². The van der Waals surface area contributed by atoms with Crippen molar-refractivity contribution in [1.82, 2.24) is 0 Å². The zero-order valence-electron chi connectivity index (χ0n) is 13.4. The molecule has 2 heteroatoms. The Kier molecular flexibility index (Phi) is 8.84. The van der Waals surface area contributed by atoms with Crippen LogP contribution in [0.2, 0.25) is 0 Å². The molecular formula is C18H30OS. The van der Waals surface area contributed by atoms with Gasteiger partial charge in [-0.3, -0.25) is 0 Å². The Morgan fingerprint density at radius 3 is 1.85 bits per heavy atom. The molecule has 0 aliphatic rings. The Morgan fingerprint density at radius 2 is 1.30 bits per heavy atom. The minimum Gasteiger partial charge on any atom is -0.493 e. The van der Waals surface area contributed by atoms with E-state index < -0.39 is 0 Å². The van der Waals surface area contributed by atoms with E-state index in [1.807, 2.05) is 0 Å². The Bertz CT molecular complexity index is 364. The molecule has 114 valence electrons. The largest absolute Gasteiger partial charge is 0.493 e. The van der Waals surface area contributed by atoms with Gasteiger partial charge in [-0.2, -0.15) is 12.6 Å². The molecule has 1 aromatic carbocycles. The first-order valence-corrected chi connectivity index (χ1v) is 8.60. The van der Waals surface area contributed by atoms with Gasteiger partial charge in [0, 0.05) is 0 Å². The third kappa shape index (κ3) is 6.69. The van der Waals surface area contributed by atoms with E-state index in [9.17, 15) is 0 Å². The summed E-state index contributed by atoms with van der Waals surface area (Å²) in [5.74, 6) is 2.12. The van der Waals surface area contributed by atoms with Gasteiger partial charge in [0.25, 0.3) is 0 Å². The summed E-state index contributed by atoms with van der Waals surface area (Å²) in [6.45, 7) is 7.26. The molecule has 0 fully saturated rings. The summed E-state index contributed by atoms with van der Waals surface area (Å²) in [5.41, 5.74) is 3.83. The second kappa shape index (κ2) is 10.1. The highest BCUT2D eigenvalue weighted by atomic mass is 32.1. The molecular weight excluding hydrogens is 264 g/mol. The average molecular weight is 295 g/mol. The molecule has 0 aliphatic heterocycles. The van der Waals surface area contributed by atoms with Crippen LogP contribution in [0.5, 0.6) is 5.75 Å². The van der Waals surface area contributed by atoms with Crippen LogP contribution in [0.15, 0.2) is 12.1 Å². The molecule has 0 atom stereocenters. The number of unbranched alkanes of at least 4 members (excludes halogenated alkanes) is 6. The average Bonchev–Trinajstić information content (AvgIpc) is 2.39. The van der Waals surface area contributed by atoms with E-state index in [2.05, 4.69) is 45.5 Å². The number of thiol groups is 1. The van der Waals surface area contributed by atoms with E-state index in [0.29, 0.717) is 0 Å². The van der Waals surface area contributed by atoms with E-state index in [-0.39, 0.29) is 0 Å². The first kappa shape index (κ1) is 17.4. The Labute approximate surface area is 130 Å². The van der Waals surface area contributed by atoms with Crippen molar-refractivity contribution in [3.05, 3.63) is 28.8 Å². The Morgan fingerprint density at radius 1 is 0.800 bits per heavy atom. The number of hydrogen-bond donors (Lipinski definition) is 1. The number of hydrogen-bond acceptors (Lipinski definition) is 2. The van der Waals surface area contributed by atoms with Crippen molar-refractivity contribution in [3.63, 3.8) is 0 Å². The quantitative estimate of drug-likeness (QED) is 0.433. The first-order chi connectivity index (χ1) is 9.65. The molecule has 0 heterocycles. The van der Waals surface area contributed by atoms with Crippen LogP contribution in [0.25, 0.3) is 0 Å². The highest BCUT2D eigenvalue weighted by Gasteiger charge is 2.04. The van der Waals surface area contributed by atoms with Gasteiger partial charge in [0.1, 0.15) is 5.75 Å². The predicted molar refractivity (Wildman–Crippen MR) is 92.3 cm³/mol. The summed E-state index contributed by atoms with van der Waals surface area (Å²) in [4.78, 5) is 0. The van der Waals surface area contributed by atoms with Crippen molar-refractivity contribution >= 4 is 12.6 Å². The van der Waals surface area contributed by atoms with Gasteiger partial charge in [0.2, 0.25) is 0 Å². The van der Waals surface area contributed by atoms with Gasteiger partial charge in [-0.1, -0.05) is 49.8 Å². The molecule has 0 aromatic heterocycles. The molecule has 1 nitrogen and oxygen atoms in total. The molecule has 0 aliphatic carbocycles. The predicted octanol–water partition coefficient (Wildman–Crippen LogP) is 5.65. The van der Waals surface area contributed by atoms with E-state index in [1.165, 1.54) is 61.6 Å². The number of benzene rings is 1. The van der Waals surface area contributed by atoms with Crippen LogP contribution in [0.3, 0.4) is 0 Å². The highest BCUT2D eigenvalue weighted by Crippen LogP contribution is 2.24. The van der Waals surface area contributed by atoms with Crippen molar-refractivity contribution in [2.45, 2.75) is 65.7 Å². The molecule has 1 aromatic rings. The van der Waals surface area contributed by atoms with Gasteiger partial charge >= 0.3 is 0 Å². The van der Waals surface area contributed by atoms with Crippen LogP contribution >= 0.6 is 12.6 Å². The third-order valence-corrected chi connectivity index (χ3v) is 3.97. The van der Waals surface area contributed by atoms with Gasteiger partial charge in [-0.15, -0.1) is 0 Å². The summed E-state index contributed by atoms with van der Waals surface area (Å²) in [6, 6.07) is 4.40. The fourth-order valence-electron chi connectivity index (χ4n) is 2.67. The minimum atomic E-state index is 0.849. The van der Waals surface area contributed by atoms with Crippen LogP contribution in [0.4, 0.5) is 0 Å². The second-order valence-corrected chi connectivity index (χ2v) is 6.22. The monoisotopic (exact) mass is 294 g/mol. The lowest BCUT2D eigenvalue weighted by Gasteiger charge is -2.13. The number of rotatable bonds is 10. The van der Waals surface area contributed by atoms with E-state index in [1.54, 1.807) is 0 Å². The molecule has 0 saturated carbocycles. The van der Waals surface area contributed by atoms with Crippen molar-refractivity contribution in [2.24, 2.45) is 0 Å². The first-order valence-electron chi connectivity index (χ1n) is 7.96. The second-order valence-electron chi connectivity index (χ2n) is 5.77. The summed E-state index contributed by atoms with van der Waals surface area (Å²) >= 11 is 4.23. The van der Waals surface area contributed by atoms with E-state index >= 15 is 0 Å². The molecule has 0 N–H and O–H groups in total. The van der Waals surface area contributed by atoms with Gasteiger partial charge in [0.15, 0.2) is 0 Å². The molecule has 0 radical (unpaired) electrons. The molecule has 0 bridgehead atoms. The lowest BCUT2D eigenvalue weighted by molar-refractivity contribution is 0.300. The minimum absolute atomic E-state index is 0.849. The summed E-state index contributed by atoms with van der Waals surface area (Å²) in [6.07, 6.45) is 9.10. The van der Waals surface area contributed by atoms with Crippen molar-refractivity contribution in [1.29, 1.82) is 0 Å². The van der Waals surface area contributed by atoms with Crippen LogP contribution in [0.1, 0.15) is 61.6 Å². The number of ether oxygens (including phenoxy) is 1. The molecule has 0 unspecified atom stereocenters. The smallest absolute Gasteiger partial charge is 0.125 e. The van der Waals surface area contributed by atoms with Crippen LogP contribution in [-0.2, 0) is 0 Å². The molecule has 0 spiro atoms. The van der Waals surface area contributed by atoms with Gasteiger partial charge in [-0.05, 0) is 50.5 Å². The van der Waals surface area contributed by atoms with Crippen LogP contribution in [0, 0.1) is 20.8 Å².